The summed E-state index contributed by atoms with van der Waals surface area (Å²) < 4.78 is 0. The van der Waals surface area contributed by atoms with Gasteiger partial charge in [0.1, 0.15) is 5.78 Å². The number of rotatable bonds is 4. The molecule has 0 amide bonds. The van der Waals surface area contributed by atoms with Crippen molar-refractivity contribution in [3.8, 4) is 0 Å². The van der Waals surface area contributed by atoms with Crippen LogP contribution < -0.4 is 4.90 Å². The lowest BCUT2D eigenvalue weighted by molar-refractivity contribution is -0.909. The van der Waals surface area contributed by atoms with Crippen molar-refractivity contribution in [3.63, 3.8) is 0 Å². The average molecular weight is 307 g/mol. The zero-order chi connectivity index (χ0) is 15.4. The molecule has 3 rings (SSSR count). The quantitative estimate of drug-likeness (QED) is 0.846. The van der Waals surface area contributed by atoms with Gasteiger partial charge in [0.15, 0.2) is 0 Å². The van der Waals surface area contributed by atoms with Gasteiger partial charge in [-0.15, -0.1) is 0 Å². The van der Waals surface area contributed by atoms with E-state index in [1.54, 1.807) is 4.90 Å². The molecule has 2 heteroatoms. The zero-order valence-corrected chi connectivity index (χ0v) is 14.6. The maximum atomic E-state index is 12.7. The summed E-state index contributed by atoms with van der Waals surface area (Å²) in [5.41, 5.74) is 0. The molecule has 126 valence electrons. The third-order valence-corrected chi connectivity index (χ3v) is 6.72. The average Bonchev–Trinajstić information content (AvgIpc) is 2.56. The Kier molecular flexibility index (Phi) is 5.95. The first-order valence-electron chi connectivity index (χ1n) is 10.1. The lowest BCUT2D eigenvalue weighted by Gasteiger charge is -2.35. The molecular weight excluding hydrogens is 270 g/mol. The predicted molar refractivity (Wildman–Crippen MR) is 91.0 cm³/mol. The van der Waals surface area contributed by atoms with Gasteiger partial charge in [-0.2, -0.15) is 0 Å². The molecule has 2 unspecified atom stereocenters. The maximum absolute atomic E-state index is 12.7. The van der Waals surface area contributed by atoms with Crippen LogP contribution in [-0.4, -0.2) is 25.4 Å². The topological polar surface area (TPSA) is 21.5 Å². The molecule has 0 radical (unpaired) electrons. The van der Waals surface area contributed by atoms with Crippen molar-refractivity contribution in [2.75, 3.05) is 19.6 Å². The van der Waals surface area contributed by atoms with Crippen LogP contribution in [0.1, 0.15) is 77.6 Å². The zero-order valence-electron chi connectivity index (χ0n) is 14.6. The van der Waals surface area contributed by atoms with Crippen molar-refractivity contribution in [2.24, 2.45) is 23.7 Å². The second-order valence-electron chi connectivity index (χ2n) is 8.60. The molecule has 2 atom stereocenters. The van der Waals surface area contributed by atoms with Gasteiger partial charge in [-0.05, 0) is 31.6 Å². The maximum Gasteiger partial charge on any atom is 0.139 e. The summed E-state index contributed by atoms with van der Waals surface area (Å²) in [6.45, 7) is 6.33. The molecule has 1 saturated heterocycles. The number of ketones is 1. The number of hydrogen-bond acceptors (Lipinski definition) is 1. The van der Waals surface area contributed by atoms with Crippen molar-refractivity contribution in [2.45, 2.75) is 77.6 Å². The third kappa shape index (κ3) is 4.34. The lowest BCUT2D eigenvalue weighted by Crippen LogP contribution is -3.13. The normalized spacial score (nSPS) is 37.9. The summed E-state index contributed by atoms with van der Waals surface area (Å²) >= 11 is 0. The molecule has 0 aromatic heterocycles. The molecule has 2 nitrogen and oxygen atoms in total. The van der Waals surface area contributed by atoms with Crippen molar-refractivity contribution < 1.29 is 9.69 Å². The summed E-state index contributed by atoms with van der Waals surface area (Å²) in [4.78, 5) is 14.5. The highest BCUT2D eigenvalue weighted by Crippen LogP contribution is 2.30. The van der Waals surface area contributed by atoms with E-state index >= 15 is 0 Å². The van der Waals surface area contributed by atoms with Crippen LogP contribution in [0.3, 0.4) is 0 Å². The molecule has 0 bridgehead atoms. The Bertz CT molecular complexity index is 353. The molecule has 0 spiro atoms. The Morgan fingerprint density at radius 1 is 0.864 bits per heavy atom. The van der Waals surface area contributed by atoms with Crippen LogP contribution in [0.25, 0.3) is 0 Å². The van der Waals surface area contributed by atoms with Gasteiger partial charge >= 0.3 is 0 Å². The smallest absolute Gasteiger partial charge is 0.139 e. The Labute approximate surface area is 137 Å². The van der Waals surface area contributed by atoms with Crippen molar-refractivity contribution in [3.05, 3.63) is 0 Å². The summed E-state index contributed by atoms with van der Waals surface area (Å²) in [6.07, 6.45) is 14.5. The van der Waals surface area contributed by atoms with Crippen molar-refractivity contribution >= 4 is 5.78 Å². The molecule has 22 heavy (non-hydrogen) atoms. The van der Waals surface area contributed by atoms with Gasteiger partial charge in [0.2, 0.25) is 0 Å². The van der Waals surface area contributed by atoms with Gasteiger partial charge in [-0.25, -0.2) is 0 Å². The molecule has 0 aromatic rings. The summed E-state index contributed by atoms with van der Waals surface area (Å²) in [7, 11) is 0. The van der Waals surface area contributed by atoms with Crippen LogP contribution in [-0.2, 0) is 4.79 Å². The molecule has 2 saturated carbocycles. The van der Waals surface area contributed by atoms with Crippen LogP contribution in [0.15, 0.2) is 0 Å². The fourth-order valence-electron chi connectivity index (χ4n) is 5.39. The van der Waals surface area contributed by atoms with E-state index in [0.717, 1.165) is 11.8 Å². The van der Waals surface area contributed by atoms with Crippen molar-refractivity contribution in [1.82, 2.24) is 0 Å². The number of carbonyl (C=O) groups is 1. The number of carbonyl (C=O) groups excluding carboxylic acids is 1. The van der Waals surface area contributed by atoms with E-state index in [4.69, 9.17) is 0 Å². The minimum atomic E-state index is 0.414. The monoisotopic (exact) mass is 306 g/mol. The first-order valence-corrected chi connectivity index (χ1v) is 10.1. The summed E-state index contributed by atoms with van der Waals surface area (Å²) in [5, 5.41) is 0. The molecule has 3 fully saturated rings. The number of likely N-dealkylation sites (tertiary alicyclic amines) is 1. The molecule has 2 aliphatic carbocycles. The molecule has 3 aliphatic rings. The molecule has 1 heterocycles. The SMILES string of the molecule is CC1CCCC(C[NH+]2CCC(C(=O)C3CCCCC3)CC2)C1. The van der Waals surface area contributed by atoms with E-state index in [9.17, 15) is 4.79 Å². The number of piperidine rings is 1. The van der Waals surface area contributed by atoms with Crippen LogP contribution in [0, 0.1) is 23.7 Å². The molecule has 1 aliphatic heterocycles. The van der Waals surface area contributed by atoms with Crippen LogP contribution in [0.2, 0.25) is 0 Å². The van der Waals surface area contributed by atoms with Gasteiger partial charge < -0.3 is 4.90 Å². The number of Topliss-reactive ketones (excluding diaryl/α,β-unsaturated/α-hetero) is 1. The second kappa shape index (κ2) is 7.95. The van der Waals surface area contributed by atoms with Gasteiger partial charge in [0, 0.05) is 30.6 Å². The van der Waals surface area contributed by atoms with E-state index < -0.39 is 0 Å². The highest BCUT2D eigenvalue weighted by Gasteiger charge is 2.33. The van der Waals surface area contributed by atoms with E-state index in [0.29, 0.717) is 17.6 Å². The largest absolute Gasteiger partial charge is 0.335 e. The predicted octanol–water partition coefficient (Wildman–Crippen LogP) is 3.26. The van der Waals surface area contributed by atoms with E-state index in [1.165, 1.54) is 90.3 Å². The van der Waals surface area contributed by atoms with Crippen LogP contribution in [0.5, 0.6) is 0 Å². The summed E-state index contributed by atoms with van der Waals surface area (Å²) in [6, 6.07) is 0. The minimum Gasteiger partial charge on any atom is -0.335 e. The Morgan fingerprint density at radius 3 is 2.23 bits per heavy atom. The first kappa shape index (κ1) is 16.5. The van der Waals surface area contributed by atoms with Gasteiger partial charge in [0.25, 0.3) is 0 Å². The highest BCUT2D eigenvalue weighted by atomic mass is 16.1. The second-order valence-corrected chi connectivity index (χ2v) is 8.60. The first-order chi connectivity index (χ1) is 10.7. The molecule has 0 aromatic carbocycles. The van der Waals surface area contributed by atoms with Crippen molar-refractivity contribution in [1.29, 1.82) is 0 Å². The standard InChI is InChI=1S/C20H35NO/c1-16-6-5-7-17(14-16)15-21-12-10-19(11-13-21)20(22)18-8-3-2-4-9-18/h16-19H,2-15H2,1H3/p+1. The number of hydrogen-bond donors (Lipinski definition) is 1. The molecular formula is C20H36NO+. The lowest BCUT2D eigenvalue weighted by atomic mass is 9.78. The van der Waals surface area contributed by atoms with Gasteiger partial charge in [-0.3, -0.25) is 4.79 Å². The molecule has 1 N–H and O–H groups in total. The fraction of sp³-hybridized carbons (Fsp3) is 0.950. The Hall–Kier alpha value is -0.370. The Balaban J connectivity index is 1.41. The van der Waals surface area contributed by atoms with E-state index in [1.807, 2.05) is 0 Å². The van der Waals surface area contributed by atoms with Crippen LogP contribution >= 0.6 is 0 Å². The summed E-state index contributed by atoms with van der Waals surface area (Å²) in [5.74, 6) is 3.40. The fourth-order valence-corrected chi connectivity index (χ4v) is 5.39. The van der Waals surface area contributed by atoms with E-state index in [2.05, 4.69) is 6.92 Å². The van der Waals surface area contributed by atoms with E-state index in [-0.39, 0.29) is 0 Å². The highest BCUT2D eigenvalue weighted by molar-refractivity contribution is 5.83. The Morgan fingerprint density at radius 2 is 1.55 bits per heavy atom. The number of nitrogens with one attached hydrogen (secondary N) is 1. The third-order valence-electron chi connectivity index (χ3n) is 6.72. The van der Waals surface area contributed by atoms with Gasteiger partial charge in [-0.1, -0.05) is 39.0 Å². The number of quaternary nitrogens is 1. The minimum absolute atomic E-state index is 0.414. The van der Waals surface area contributed by atoms with Gasteiger partial charge in [0.05, 0.1) is 19.6 Å². The van der Waals surface area contributed by atoms with Crippen LogP contribution in [0.4, 0.5) is 0 Å².